The van der Waals surface area contributed by atoms with Crippen molar-refractivity contribution in [1.29, 1.82) is 5.26 Å². The van der Waals surface area contributed by atoms with Crippen molar-refractivity contribution in [3.8, 4) is 6.07 Å². The number of nitrogens with zero attached hydrogens (tertiary/aromatic N) is 4. The molecule has 0 aromatic heterocycles. The van der Waals surface area contributed by atoms with Gasteiger partial charge < -0.3 is 0 Å². The zero-order chi connectivity index (χ0) is 7.11. The minimum atomic E-state index is -0.472. The third kappa shape index (κ3) is 3.39. The van der Waals surface area contributed by atoms with Crippen LogP contribution >= 0.6 is 0 Å². The third-order valence-electron chi connectivity index (χ3n) is 0.902. The molecular weight excluding hydrogens is 116 g/mol. The quantitative estimate of drug-likeness (QED) is 0.322. The van der Waals surface area contributed by atoms with Crippen LogP contribution in [0.2, 0.25) is 0 Å². The van der Waals surface area contributed by atoms with Gasteiger partial charge in [0.2, 0.25) is 0 Å². The second-order valence-electron chi connectivity index (χ2n) is 1.64. The summed E-state index contributed by atoms with van der Waals surface area (Å²) < 4.78 is 0. The number of hydrogen-bond donors (Lipinski definition) is 0. The molecule has 0 saturated carbocycles. The molecule has 0 N–H and O–H groups in total. The van der Waals surface area contributed by atoms with Gasteiger partial charge in [-0.25, -0.2) is 0 Å². The monoisotopic (exact) mass is 124 g/mol. The lowest BCUT2D eigenvalue weighted by molar-refractivity contribution is 0.709. The molecule has 0 unspecified atom stereocenters. The van der Waals surface area contributed by atoms with Gasteiger partial charge in [0.05, 0.1) is 6.07 Å². The molecule has 48 valence electrons. The Morgan fingerprint density at radius 2 is 2.56 bits per heavy atom. The van der Waals surface area contributed by atoms with Crippen LogP contribution in [-0.2, 0) is 0 Å². The summed E-state index contributed by atoms with van der Waals surface area (Å²) in [7, 11) is 0. The molecule has 0 fully saturated rings. The Morgan fingerprint density at radius 1 is 1.89 bits per heavy atom. The van der Waals surface area contributed by atoms with Crippen molar-refractivity contribution in [3.05, 3.63) is 10.4 Å². The number of hydrogen-bond acceptors (Lipinski definition) is 2. The summed E-state index contributed by atoms with van der Waals surface area (Å²) in [4.78, 5) is 2.53. The first-order valence-corrected chi connectivity index (χ1v) is 2.79. The second kappa shape index (κ2) is 4.95. The van der Waals surface area contributed by atoms with Gasteiger partial charge in [-0.1, -0.05) is 18.5 Å². The van der Waals surface area contributed by atoms with Crippen molar-refractivity contribution in [2.45, 2.75) is 25.8 Å². The van der Waals surface area contributed by atoms with Gasteiger partial charge in [0.15, 0.2) is 0 Å². The predicted octanol–water partition coefficient (Wildman–Crippen LogP) is 1.99. The Bertz CT molecular complexity index is 151. The average Bonchev–Trinajstić information content (AvgIpc) is 1.88. The van der Waals surface area contributed by atoms with Gasteiger partial charge in [-0.3, -0.25) is 0 Å². The van der Waals surface area contributed by atoms with Crippen LogP contribution in [-0.4, -0.2) is 6.04 Å². The average molecular weight is 124 g/mol. The highest BCUT2D eigenvalue weighted by atomic mass is 15.1. The van der Waals surface area contributed by atoms with Crippen LogP contribution in [0.25, 0.3) is 10.4 Å². The zero-order valence-electron chi connectivity index (χ0n) is 5.28. The first kappa shape index (κ1) is 7.80. The van der Waals surface area contributed by atoms with Crippen LogP contribution < -0.4 is 0 Å². The topological polar surface area (TPSA) is 72.5 Å². The van der Waals surface area contributed by atoms with Gasteiger partial charge in [-0.2, -0.15) is 5.26 Å². The highest BCUT2D eigenvalue weighted by Gasteiger charge is 1.99. The second-order valence-corrected chi connectivity index (χ2v) is 1.64. The molecule has 0 saturated heterocycles. The maximum Gasteiger partial charge on any atom is 0.125 e. The molecule has 4 heteroatoms. The van der Waals surface area contributed by atoms with Crippen LogP contribution in [0.4, 0.5) is 0 Å². The van der Waals surface area contributed by atoms with E-state index in [4.69, 9.17) is 10.8 Å². The maximum absolute atomic E-state index is 8.27. The molecule has 1 atom stereocenters. The van der Waals surface area contributed by atoms with Crippen LogP contribution in [0, 0.1) is 11.3 Å². The van der Waals surface area contributed by atoms with E-state index in [1.165, 1.54) is 0 Å². The van der Waals surface area contributed by atoms with Crippen molar-refractivity contribution in [3.63, 3.8) is 0 Å². The van der Waals surface area contributed by atoms with E-state index >= 15 is 0 Å². The van der Waals surface area contributed by atoms with E-state index in [1.54, 1.807) is 0 Å². The Balaban J connectivity index is 3.72. The lowest BCUT2D eigenvalue weighted by Crippen LogP contribution is -1.96. The van der Waals surface area contributed by atoms with Gasteiger partial charge >= 0.3 is 0 Å². The van der Waals surface area contributed by atoms with Gasteiger partial charge in [-0.15, -0.1) is 0 Å². The molecule has 9 heavy (non-hydrogen) atoms. The van der Waals surface area contributed by atoms with Crippen LogP contribution in [0.1, 0.15) is 19.8 Å². The molecule has 0 aliphatic carbocycles. The summed E-state index contributed by atoms with van der Waals surface area (Å²) in [6.45, 7) is 1.94. The van der Waals surface area contributed by atoms with Gasteiger partial charge in [0.1, 0.15) is 6.04 Å². The van der Waals surface area contributed by atoms with E-state index in [0.29, 0.717) is 6.42 Å². The fourth-order valence-corrected chi connectivity index (χ4v) is 0.484. The molecule has 0 rings (SSSR count). The highest BCUT2D eigenvalue weighted by molar-refractivity contribution is 4.89. The van der Waals surface area contributed by atoms with Crippen LogP contribution in [0.5, 0.6) is 0 Å². The molecule has 0 spiro atoms. The number of azide groups is 1. The fourth-order valence-electron chi connectivity index (χ4n) is 0.484. The van der Waals surface area contributed by atoms with Crippen molar-refractivity contribution in [2.24, 2.45) is 5.11 Å². The predicted molar refractivity (Wildman–Crippen MR) is 33.5 cm³/mol. The van der Waals surface area contributed by atoms with E-state index in [9.17, 15) is 0 Å². The third-order valence-corrected chi connectivity index (χ3v) is 0.902. The molecule has 0 aromatic carbocycles. The summed E-state index contributed by atoms with van der Waals surface area (Å²) in [6, 6.07) is 1.41. The number of nitriles is 1. The molecule has 0 amide bonds. The summed E-state index contributed by atoms with van der Waals surface area (Å²) in [5, 5.41) is 11.5. The number of rotatable bonds is 3. The lowest BCUT2D eigenvalue weighted by Gasteiger charge is -1.93. The summed E-state index contributed by atoms with van der Waals surface area (Å²) in [5.41, 5.74) is 7.90. The molecular formula is C5H8N4. The molecule has 0 bridgehead atoms. The summed E-state index contributed by atoms with van der Waals surface area (Å²) >= 11 is 0. The maximum atomic E-state index is 8.27. The first-order valence-electron chi connectivity index (χ1n) is 2.79. The van der Waals surface area contributed by atoms with Gasteiger partial charge in [-0.05, 0) is 12.0 Å². The normalized spacial score (nSPS) is 11.1. The Kier molecular flexibility index (Phi) is 4.29. The van der Waals surface area contributed by atoms with Gasteiger partial charge in [0.25, 0.3) is 0 Å². The van der Waals surface area contributed by atoms with Crippen LogP contribution in [0.15, 0.2) is 5.11 Å². The molecule has 0 aromatic rings. The molecule has 0 aliphatic heterocycles. The van der Waals surface area contributed by atoms with E-state index in [-0.39, 0.29) is 0 Å². The van der Waals surface area contributed by atoms with Crippen molar-refractivity contribution < 1.29 is 0 Å². The molecule has 0 radical (unpaired) electrons. The minimum absolute atomic E-state index is 0.472. The van der Waals surface area contributed by atoms with Crippen molar-refractivity contribution in [1.82, 2.24) is 0 Å². The highest BCUT2D eigenvalue weighted by Crippen LogP contribution is 1.99. The molecule has 0 aliphatic rings. The fraction of sp³-hybridized carbons (Fsp3) is 0.800. The van der Waals surface area contributed by atoms with Crippen molar-refractivity contribution in [2.75, 3.05) is 0 Å². The van der Waals surface area contributed by atoms with Gasteiger partial charge in [0, 0.05) is 4.91 Å². The SMILES string of the molecule is CCC[C@@H](C#N)N=[N+]=[N-]. The Labute approximate surface area is 53.7 Å². The smallest absolute Gasteiger partial charge is 0.125 e. The zero-order valence-corrected chi connectivity index (χ0v) is 5.28. The summed E-state index contributed by atoms with van der Waals surface area (Å²) in [5.74, 6) is 0. The van der Waals surface area contributed by atoms with E-state index in [0.717, 1.165) is 6.42 Å². The first-order chi connectivity index (χ1) is 4.35. The Hall–Kier alpha value is -1.20. The largest absolute Gasteiger partial charge is 0.198 e. The van der Waals surface area contributed by atoms with Crippen LogP contribution in [0.3, 0.4) is 0 Å². The minimum Gasteiger partial charge on any atom is -0.198 e. The van der Waals surface area contributed by atoms with E-state index in [1.807, 2.05) is 13.0 Å². The lowest BCUT2D eigenvalue weighted by atomic mass is 10.2. The van der Waals surface area contributed by atoms with Crippen molar-refractivity contribution >= 4 is 0 Å². The van der Waals surface area contributed by atoms with E-state index < -0.39 is 6.04 Å². The standard InChI is InChI=1S/C5H8N4/c1-2-3-5(4-6)8-9-7/h5H,2-3H2,1H3/t5-/m0/s1. The van der Waals surface area contributed by atoms with E-state index in [2.05, 4.69) is 10.0 Å². The summed E-state index contributed by atoms with van der Waals surface area (Å²) in [6.07, 6.45) is 1.53. The molecule has 0 heterocycles. The molecule has 4 nitrogen and oxygen atoms in total. The Morgan fingerprint density at radius 3 is 2.89 bits per heavy atom.